The van der Waals surface area contributed by atoms with Crippen LogP contribution in [0.15, 0.2) is 85.1 Å². The fraction of sp³-hybridized carbons (Fsp3) is 0.795. The molecular formula is C78H143NO8P+. The van der Waals surface area contributed by atoms with Gasteiger partial charge in [0.1, 0.15) is 19.8 Å². The number of hydrogen-bond acceptors (Lipinski definition) is 7. The Morgan fingerprint density at radius 3 is 0.955 bits per heavy atom. The topological polar surface area (TPSA) is 108 Å². The molecule has 0 aromatic carbocycles. The maximum absolute atomic E-state index is 12.8. The Balaban J connectivity index is 3.94. The Morgan fingerprint density at radius 1 is 0.364 bits per heavy atom. The van der Waals surface area contributed by atoms with Gasteiger partial charge in [0.25, 0.3) is 0 Å². The van der Waals surface area contributed by atoms with Crippen LogP contribution in [0.5, 0.6) is 0 Å². The van der Waals surface area contributed by atoms with Crippen molar-refractivity contribution in [2.24, 2.45) is 0 Å². The molecule has 9 nitrogen and oxygen atoms in total. The molecule has 2 atom stereocenters. The predicted octanol–water partition coefficient (Wildman–Crippen LogP) is 24.5. The highest BCUT2D eigenvalue weighted by Crippen LogP contribution is 2.43. The molecular weight excluding hydrogens is 1110 g/mol. The van der Waals surface area contributed by atoms with Crippen molar-refractivity contribution in [3.63, 3.8) is 0 Å². The first kappa shape index (κ1) is 85.2. The zero-order chi connectivity index (χ0) is 64.1. The maximum atomic E-state index is 12.8. The van der Waals surface area contributed by atoms with Crippen LogP contribution in [0.2, 0.25) is 0 Å². The molecule has 10 heteroatoms. The lowest BCUT2D eigenvalue weighted by Crippen LogP contribution is -2.37. The van der Waals surface area contributed by atoms with Crippen LogP contribution in [-0.4, -0.2) is 74.9 Å². The summed E-state index contributed by atoms with van der Waals surface area (Å²) in [6, 6.07) is 0. The predicted molar refractivity (Wildman–Crippen MR) is 381 cm³/mol. The molecule has 0 radical (unpaired) electrons. The molecule has 512 valence electrons. The highest BCUT2D eigenvalue weighted by Gasteiger charge is 2.27. The number of hydrogen-bond donors (Lipinski definition) is 1. The Bertz CT molecular complexity index is 1760. The minimum absolute atomic E-state index is 0.0180. The van der Waals surface area contributed by atoms with Crippen molar-refractivity contribution in [3.8, 4) is 0 Å². The number of carbonyl (C=O) groups is 2. The van der Waals surface area contributed by atoms with Crippen LogP contribution < -0.4 is 0 Å². The summed E-state index contributed by atoms with van der Waals surface area (Å²) in [7, 11) is 1.44. The van der Waals surface area contributed by atoms with Gasteiger partial charge in [-0.15, -0.1) is 0 Å². The SMILES string of the molecule is CC/C=C\C/C=C\C/C=C\C/C=C\C/C=C\C/C=C\C/C=C\CCCC(=O)OC(COC(=O)CCCCCCCCCCCCCCCCCCCCCCCCCCCCCCCCCCCCCCCCCCC)COP(=O)(O)OCC[N+](C)(C)C. The van der Waals surface area contributed by atoms with Gasteiger partial charge < -0.3 is 18.9 Å². The number of carbonyl (C=O) groups excluding carboxylic acids is 2. The molecule has 0 aliphatic carbocycles. The summed E-state index contributed by atoms with van der Waals surface area (Å²) < 4.78 is 34.6. The molecule has 0 fully saturated rings. The summed E-state index contributed by atoms with van der Waals surface area (Å²) in [4.78, 5) is 35.8. The second-order valence-electron chi connectivity index (χ2n) is 26.3. The number of allylic oxidation sites excluding steroid dienone is 14. The minimum atomic E-state index is -4.41. The fourth-order valence-electron chi connectivity index (χ4n) is 10.8. The summed E-state index contributed by atoms with van der Waals surface area (Å²) in [5, 5.41) is 0. The number of nitrogens with zero attached hydrogens (tertiary/aromatic N) is 1. The third-order valence-corrected chi connectivity index (χ3v) is 17.4. The molecule has 88 heavy (non-hydrogen) atoms. The lowest BCUT2D eigenvalue weighted by atomic mass is 10.0. The van der Waals surface area contributed by atoms with Gasteiger partial charge in [0.05, 0.1) is 27.7 Å². The van der Waals surface area contributed by atoms with E-state index in [4.69, 9.17) is 18.5 Å². The molecule has 0 amide bonds. The number of ether oxygens (including phenoxy) is 2. The van der Waals surface area contributed by atoms with Gasteiger partial charge in [-0.25, -0.2) is 4.57 Å². The monoisotopic (exact) mass is 1250 g/mol. The molecule has 0 heterocycles. The molecule has 1 N–H and O–H groups in total. The Kier molecular flexibility index (Phi) is 66.4. The second-order valence-corrected chi connectivity index (χ2v) is 27.8. The first-order valence-corrected chi connectivity index (χ1v) is 38.8. The summed E-state index contributed by atoms with van der Waals surface area (Å²) >= 11 is 0. The molecule has 0 aromatic rings. The van der Waals surface area contributed by atoms with Gasteiger partial charge in [0.15, 0.2) is 6.10 Å². The Labute approximate surface area is 545 Å². The highest BCUT2D eigenvalue weighted by molar-refractivity contribution is 7.47. The van der Waals surface area contributed by atoms with Crippen LogP contribution in [0.4, 0.5) is 0 Å². The first-order chi connectivity index (χ1) is 43.0. The molecule has 0 saturated carbocycles. The Morgan fingerprint density at radius 2 is 0.648 bits per heavy atom. The molecule has 0 rings (SSSR count). The van der Waals surface area contributed by atoms with Crippen molar-refractivity contribution >= 4 is 19.8 Å². The standard InChI is InChI=1S/C78H142NO8P/c1-6-8-10-12-14-16-18-20-22-24-26-28-30-31-32-33-34-35-36-37-38-39-40-41-42-43-44-45-46-47-49-50-52-54-56-58-60-62-64-66-68-70-77(80)84-74-76(75-86-88(82,83)85-73-72-79(3,4)5)87-78(81)71-69-67-65-63-61-59-57-55-53-51-48-29-27-25-23-21-19-17-15-13-11-9-7-2/h9,11,15,17,21,23,27,29,51,53,57,59,63,65,76H,6-8,10,12-14,16,18-20,22,24-26,28,30-50,52,54-56,58,60-62,64,66-75H2,1-5H3/p+1/b11-9-,17-15-,23-21-,29-27-,53-51-,59-57-,65-63-. The molecule has 0 spiro atoms. The fourth-order valence-corrected chi connectivity index (χ4v) is 11.5. The van der Waals surface area contributed by atoms with Crippen molar-refractivity contribution in [2.45, 2.75) is 354 Å². The zero-order valence-corrected chi connectivity index (χ0v) is 59.4. The zero-order valence-electron chi connectivity index (χ0n) is 58.5. The van der Waals surface area contributed by atoms with Crippen LogP contribution >= 0.6 is 7.82 Å². The van der Waals surface area contributed by atoms with E-state index < -0.39 is 26.5 Å². The molecule has 0 aliphatic heterocycles. The summed E-state index contributed by atoms with van der Waals surface area (Å²) in [6.45, 7) is 4.29. The molecule has 0 saturated heterocycles. The van der Waals surface area contributed by atoms with Gasteiger partial charge in [-0.1, -0.05) is 356 Å². The molecule has 2 unspecified atom stereocenters. The van der Waals surface area contributed by atoms with E-state index in [9.17, 15) is 19.0 Å². The second kappa shape index (κ2) is 68.6. The van der Waals surface area contributed by atoms with E-state index in [1.807, 2.05) is 21.1 Å². The highest BCUT2D eigenvalue weighted by atomic mass is 31.2. The molecule has 0 aliphatic rings. The van der Waals surface area contributed by atoms with Crippen LogP contribution in [0, 0.1) is 0 Å². The van der Waals surface area contributed by atoms with E-state index in [-0.39, 0.29) is 32.0 Å². The van der Waals surface area contributed by atoms with Crippen molar-refractivity contribution in [1.82, 2.24) is 0 Å². The van der Waals surface area contributed by atoms with Crippen LogP contribution in [-0.2, 0) is 32.7 Å². The molecule has 0 bridgehead atoms. The minimum Gasteiger partial charge on any atom is -0.462 e. The van der Waals surface area contributed by atoms with Gasteiger partial charge in [-0.3, -0.25) is 18.6 Å². The molecule has 0 aromatic heterocycles. The lowest BCUT2D eigenvalue weighted by molar-refractivity contribution is -0.870. The number of phosphoric acid groups is 1. The summed E-state index contributed by atoms with van der Waals surface area (Å²) in [5.41, 5.74) is 0. The average Bonchev–Trinajstić information content (AvgIpc) is 3.68. The van der Waals surface area contributed by atoms with Crippen LogP contribution in [0.3, 0.4) is 0 Å². The quantitative estimate of drug-likeness (QED) is 0.0211. The number of unbranched alkanes of at least 4 members (excludes halogenated alkanes) is 41. The smallest absolute Gasteiger partial charge is 0.462 e. The van der Waals surface area contributed by atoms with Gasteiger partial charge >= 0.3 is 19.8 Å². The van der Waals surface area contributed by atoms with E-state index in [1.54, 1.807) is 0 Å². The van der Waals surface area contributed by atoms with Crippen molar-refractivity contribution in [1.29, 1.82) is 0 Å². The Hall–Kier alpha value is -2.81. The third kappa shape index (κ3) is 72.3. The number of esters is 2. The lowest BCUT2D eigenvalue weighted by Gasteiger charge is -2.24. The van der Waals surface area contributed by atoms with E-state index in [0.717, 1.165) is 64.2 Å². The number of rotatable bonds is 69. The van der Waals surface area contributed by atoms with E-state index >= 15 is 0 Å². The average molecular weight is 1250 g/mol. The van der Waals surface area contributed by atoms with Crippen molar-refractivity contribution < 1.29 is 42.1 Å². The normalized spacial score (nSPS) is 13.6. The number of quaternary nitrogens is 1. The van der Waals surface area contributed by atoms with Gasteiger partial charge in [-0.05, 0) is 64.2 Å². The van der Waals surface area contributed by atoms with E-state index in [0.29, 0.717) is 23.9 Å². The van der Waals surface area contributed by atoms with Gasteiger partial charge in [-0.2, -0.15) is 0 Å². The largest absolute Gasteiger partial charge is 0.472 e. The third-order valence-electron chi connectivity index (χ3n) is 16.4. The van der Waals surface area contributed by atoms with E-state index in [2.05, 4.69) is 98.9 Å². The maximum Gasteiger partial charge on any atom is 0.472 e. The summed E-state index contributed by atoms with van der Waals surface area (Å²) in [6.07, 6.45) is 94.7. The number of phosphoric ester groups is 1. The van der Waals surface area contributed by atoms with Crippen LogP contribution in [0.25, 0.3) is 0 Å². The summed E-state index contributed by atoms with van der Waals surface area (Å²) in [5.74, 6) is -0.859. The van der Waals surface area contributed by atoms with Crippen molar-refractivity contribution in [2.75, 3.05) is 47.5 Å². The van der Waals surface area contributed by atoms with Gasteiger partial charge in [0, 0.05) is 12.8 Å². The van der Waals surface area contributed by atoms with E-state index in [1.165, 1.54) is 244 Å². The van der Waals surface area contributed by atoms with Gasteiger partial charge in [0.2, 0.25) is 0 Å². The van der Waals surface area contributed by atoms with Crippen molar-refractivity contribution in [3.05, 3.63) is 85.1 Å². The number of likely N-dealkylation sites (N-methyl/N-ethyl adjacent to an activating group) is 1. The van der Waals surface area contributed by atoms with Crippen LogP contribution in [0.1, 0.15) is 348 Å². The first-order valence-electron chi connectivity index (χ1n) is 37.3.